The summed E-state index contributed by atoms with van der Waals surface area (Å²) in [6, 6.07) is 17.4. The van der Waals surface area contributed by atoms with Crippen LogP contribution in [-0.2, 0) is 0 Å². The summed E-state index contributed by atoms with van der Waals surface area (Å²) in [6.45, 7) is 0. The quantitative estimate of drug-likeness (QED) is 0.673. The first-order chi connectivity index (χ1) is 10.8. The Balaban J connectivity index is 1.84. The summed E-state index contributed by atoms with van der Waals surface area (Å²) in [5.74, 6) is 1.89. The SMILES string of the molecule is COc1ccc(C=C(Cl)c2ncc(-c3ccccc3)o2)cc1. The highest BCUT2D eigenvalue weighted by atomic mass is 35.5. The largest absolute Gasteiger partial charge is 0.497 e. The van der Waals surface area contributed by atoms with Crippen molar-refractivity contribution in [1.29, 1.82) is 0 Å². The molecule has 0 unspecified atom stereocenters. The molecule has 1 aromatic heterocycles. The van der Waals surface area contributed by atoms with Crippen molar-refractivity contribution in [3.63, 3.8) is 0 Å². The van der Waals surface area contributed by atoms with Crippen LogP contribution in [0.15, 0.2) is 65.2 Å². The number of benzene rings is 2. The molecule has 0 N–H and O–H groups in total. The minimum atomic E-state index is 0.399. The Kier molecular flexibility index (Phi) is 4.26. The van der Waals surface area contributed by atoms with Gasteiger partial charge < -0.3 is 9.15 Å². The molecule has 3 rings (SSSR count). The lowest BCUT2D eigenvalue weighted by atomic mass is 10.2. The molecule has 3 aromatic rings. The smallest absolute Gasteiger partial charge is 0.238 e. The molecule has 2 aromatic carbocycles. The molecule has 0 aliphatic carbocycles. The Labute approximate surface area is 133 Å². The molecule has 110 valence electrons. The Bertz CT molecular complexity index is 776. The number of rotatable bonds is 4. The van der Waals surface area contributed by atoms with Crippen LogP contribution in [0.25, 0.3) is 22.4 Å². The second kappa shape index (κ2) is 6.50. The molecule has 0 aliphatic rings. The van der Waals surface area contributed by atoms with E-state index in [1.807, 2.05) is 60.7 Å². The van der Waals surface area contributed by atoms with Crippen LogP contribution in [-0.4, -0.2) is 12.1 Å². The zero-order valence-electron chi connectivity index (χ0n) is 12.0. The normalized spacial score (nSPS) is 11.5. The van der Waals surface area contributed by atoms with E-state index in [0.717, 1.165) is 16.9 Å². The van der Waals surface area contributed by atoms with Crippen molar-refractivity contribution in [2.45, 2.75) is 0 Å². The number of aromatic nitrogens is 1. The van der Waals surface area contributed by atoms with Gasteiger partial charge in [-0.05, 0) is 23.8 Å². The van der Waals surface area contributed by atoms with E-state index < -0.39 is 0 Å². The van der Waals surface area contributed by atoms with Gasteiger partial charge in [0.2, 0.25) is 5.89 Å². The number of hydrogen-bond acceptors (Lipinski definition) is 3. The molecule has 0 saturated carbocycles. The Morgan fingerprint density at radius 2 is 1.82 bits per heavy atom. The number of nitrogens with zero attached hydrogens (tertiary/aromatic N) is 1. The van der Waals surface area contributed by atoms with E-state index in [9.17, 15) is 0 Å². The van der Waals surface area contributed by atoms with Gasteiger partial charge in [-0.1, -0.05) is 54.1 Å². The topological polar surface area (TPSA) is 35.3 Å². The lowest BCUT2D eigenvalue weighted by Crippen LogP contribution is -1.82. The van der Waals surface area contributed by atoms with Gasteiger partial charge >= 0.3 is 0 Å². The maximum atomic E-state index is 6.29. The van der Waals surface area contributed by atoms with Gasteiger partial charge in [0.1, 0.15) is 10.8 Å². The van der Waals surface area contributed by atoms with Crippen LogP contribution in [0.2, 0.25) is 0 Å². The lowest BCUT2D eigenvalue weighted by Gasteiger charge is -2.00. The molecule has 0 amide bonds. The number of hydrogen-bond donors (Lipinski definition) is 0. The number of oxazole rings is 1. The van der Waals surface area contributed by atoms with E-state index in [1.165, 1.54) is 0 Å². The molecule has 0 spiro atoms. The van der Waals surface area contributed by atoms with Crippen LogP contribution in [0, 0.1) is 0 Å². The standard InChI is InChI=1S/C18H14ClNO2/c1-21-15-9-7-13(8-10-15)11-16(19)18-20-12-17(22-18)14-5-3-2-4-6-14/h2-12H,1H3. The zero-order valence-corrected chi connectivity index (χ0v) is 12.7. The van der Waals surface area contributed by atoms with Crippen molar-refractivity contribution in [3.05, 3.63) is 72.2 Å². The molecule has 0 radical (unpaired) electrons. The van der Waals surface area contributed by atoms with Crippen LogP contribution in [0.3, 0.4) is 0 Å². The Morgan fingerprint density at radius 3 is 2.50 bits per heavy atom. The van der Waals surface area contributed by atoms with E-state index in [2.05, 4.69) is 4.98 Å². The van der Waals surface area contributed by atoms with Crippen molar-refractivity contribution in [3.8, 4) is 17.1 Å². The second-order valence-corrected chi connectivity index (χ2v) is 5.07. The molecule has 3 nitrogen and oxygen atoms in total. The van der Waals surface area contributed by atoms with Crippen molar-refractivity contribution >= 4 is 22.7 Å². The van der Waals surface area contributed by atoms with Crippen molar-refractivity contribution < 1.29 is 9.15 Å². The third-order valence-electron chi connectivity index (χ3n) is 3.18. The van der Waals surface area contributed by atoms with E-state index in [0.29, 0.717) is 16.7 Å². The molecule has 22 heavy (non-hydrogen) atoms. The van der Waals surface area contributed by atoms with Gasteiger partial charge in [-0.3, -0.25) is 0 Å². The second-order valence-electron chi connectivity index (χ2n) is 4.66. The van der Waals surface area contributed by atoms with E-state index >= 15 is 0 Å². The van der Waals surface area contributed by atoms with E-state index in [-0.39, 0.29) is 0 Å². The van der Waals surface area contributed by atoms with Crippen LogP contribution < -0.4 is 4.74 Å². The predicted molar refractivity (Wildman–Crippen MR) is 88.7 cm³/mol. The first-order valence-corrected chi connectivity index (χ1v) is 7.17. The third-order valence-corrected chi connectivity index (χ3v) is 3.45. The highest BCUT2D eigenvalue weighted by Gasteiger charge is 2.09. The summed E-state index contributed by atoms with van der Waals surface area (Å²) in [6.07, 6.45) is 3.48. The monoisotopic (exact) mass is 311 g/mol. The van der Waals surface area contributed by atoms with Gasteiger partial charge in [-0.2, -0.15) is 0 Å². The fourth-order valence-corrected chi connectivity index (χ4v) is 2.24. The third kappa shape index (κ3) is 3.21. The van der Waals surface area contributed by atoms with Gasteiger partial charge in [0.25, 0.3) is 0 Å². The summed E-state index contributed by atoms with van der Waals surface area (Å²) in [5.41, 5.74) is 1.92. The summed E-state index contributed by atoms with van der Waals surface area (Å²) in [4.78, 5) is 4.23. The van der Waals surface area contributed by atoms with Crippen LogP contribution >= 0.6 is 11.6 Å². The van der Waals surface area contributed by atoms with Gasteiger partial charge in [0.05, 0.1) is 13.3 Å². The summed E-state index contributed by atoms with van der Waals surface area (Å²) in [7, 11) is 1.63. The average molecular weight is 312 g/mol. The van der Waals surface area contributed by atoms with Crippen LogP contribution in [0.4, 0.5) is 0 Å². The molecule has 0 fully saturated rings. The molecule has 4 heteroatoms. The summed E-state index contributed by atoms with van der Waals surface area (Å²) >= 11 is 6.29. The summed E-state index contributed by atoms with van der Waals surface area (Å²) in [5, 5.41) is 0.451. The zero-order chi connectivity index (χ0) is 15.4. The fourth-order valence-electron chi connectivity index (χ4n) is 2.03. The first kappa shape index (κ1) is 14.4. The minimum Gasteiger partial charge on any atom is -0.497 e. The van der Waals surface area contributed by atoms with Crippen molar-refractivity contribution in [2.75, 3.05) is 7.11 Å². The molecular formula is C18H14ClNO2. The van der Waals surface area contributed by atoms with Crippen LogP contribution in [0.1, 0.15) is 11.5 Å². The van der Waals surface area contributed by atoms with E-state index in [1.54, 1.807) is 13.3 Å². The fraction of sp³-hybridized carbons (Fsp3) is 0.0556. The number of ether oxygens (including phenoxy) is 1. The average Bonchev–Trinajstić information content (AvgIpc) is 3.06. The Morgan fingerprint density at radius 1 is 1.09 bits per heavy atom. The maximum absolute atomic E-state index is 6.29. The molecule has 0 atom stereocenters. The van der Waals surface area contributed by atoms with Gasteiger partial charge in [0.15, 0.2) is 5.76 Å². The molecule has 1 heterocycles. The van der Waals surface area contributed by atoms with Gasteiger partial charge in [-0.25, -0.2) is 4.98 Å². The lowest BCUT2D eigenvalue weighted by molar-refractivity contribution is 0.415. The van der Waals surface area contributed by atoms with Crippen molar-refractivity contribution in [1.82, 2.24) is 4.98 Å². The van der Waals surface area contributed by atoms with Crippen molar-refractivity contribution in [2.24, 2.45) is 0 Å². The maximum Gasteiger partial charge on any atom is 0.238 e. The predicted octanol–water partition coefficient (Wildman–Crippen LogP) is 5.09. The van der Waals surface area contributed by atoms with Crippen LogP contribution in [0.5, 0.6) is 5.75 Å². The number of halogens is 1. The first-order valence-electron chi connectivity index (χ1n) is 6.79. The van der Waals surface area contributed by atoms with Gasteiger partial charge in [-0.15, -0.1) is 0 Å². The molecular weight excluding hydrogens is 298 g/mol. The number of methoxy groups -OCH3 is 1. The van der Waals surface area contributed by atoms with E-state index in [4.69, 9.17) is 20.8 Å². The Hall–Kier alpha value is -2.52. The minimum absolute atomic E-state index is 0.399. The highest BCUT2D eigenvalue weighted by molar-refractivity contribution is 6.50. The van der Waals surface area contributed by atoms with Gasteiger partial charge in [0, 0.05) is 5.56 Å². The summed E-state index contributed by atoms with van der Waals surface area (Å²) < 4.78 is 10.8. The molecule has 0 saturated heterocycles. The molecule has 0 bridgehead atoms. The molecule has 0 aliphatic heterocycles. The highest BCUT2D eigenvalue weighted by Crippen LogP contribution is 2.27.